The Morgan fingerprint density at radius 1 is 0.929 bits per heavy atom. The molecule has 0 saturated carbocycles. The van der Waals surface area contributed by atoms with Crippen LogP contribution in [0.2, 0.25) is 0 Å². The number of amides is 1. The van der Waals surface area contributed by atoms with Crippen molar-refractivity contribution in [3.63, 3.8) is 0 Å². The number of ether oxygens (including phenoxy) is 3. The van der Waals surface area contributed by atoms with Crippen molar-refractivity contribution in [3.05, 3.63) is 60.2 Å². The van der Waals surface area contributed by atoms with Gasteiger partial charge < -0.3 is 19.1 Å². The summed E-state index contributed by atoms with van der Waals surface area (Å²) in [7, 11) is 0. The molecule has 2 aliphatic rings. The van der Waals surface area contributed by atoms with Gasteiger partial charge in [-0.3, -0.25) is 4.79 Å². The van der Waals surface area contributed by atoms with Gasteiger partial charge in [-0.25, -0.2) is 4.79 Å². The standard InChI is InChI=1S/C22H23NO5/c24-21(23-13-7-2-8-14-23)20(16-9-3-1-4-10-16)28-22(25)19-15-26-17-11-5-6-12-18(17)27-19/h1,3-6,9-12,19-20H,2,7-8,13-15H2/t19-,20+/m1/s1. The van der Waals surface area contributed by atoms with Crippen LogP contribution < -0.4 is 9.47 Å². The van der Waals surface area contributed by atoms with Gasteiger partial charge in [0.15, 0.2) is 11.5 Å². The Labute approximate surface area is 164 Å². The van der Waals surface area contributed by atoms with Gasteiger partial charge in [-0.1, -0.05) is 42.5 Å². The van der Waals surface area contributed by atoms with Crippen molar-refractivity contribution in [2.45, 2.75) is 31.5 Å². The van der Waals surface area contributed by atoms with Crippen LogP contribution in [-0.2, 0) is 14.3 Å². The summed E-state index contributed by atoms with van der Waals surface area (Å²) in [4.78, 5) is 27.7. The van der Waals surface area contributed by atoms with Crippen LogP contribution in [0.5, 0.6) is 11.5 Å². The van der Waals surface area contributed by atoms with Gasteiger partial charge in [0.05, 0.1) is 0 Å². The van der Waals surface area contributed by atoms with Crippen molar-refractivity contribution < 1.29 is 23.8 Å². The first-order chi connectivity index (χ1) is 13.7. The second kappa shape index (κ2) is 8.33. The van der Waals surface area contributed by atoms with Crippen LogP contribution >= 0.6 is 0 Å². The van der Waals surface area contributed by atoms with Gasteiger partial charge in [0, 0.05) is 18.7 Å². The van der Waals surface area contributed by atoms with E-state index < -0.39 is 18.2 Å². The minimum absolute atomic E-state index is 0.0509. The fourth-order valence-electron chi connectivity index (χ4n) is 3.50. The molecule has 0 aliphatic carbocycles. The van der Waals surface area contributed by atoms with E-state index in [1.807, 2.05) is 30.3 Å². The number of benzene rings is 2. The van der Waals surface area contributed by atoms with Crippen molar-refractivity contribution >= 4 is 11.9 Å². The van der Waals surface area contributed by atoms with E-state index in [2.05, 4.69) is 0 Å². The van der Waals surface area contributed by atoms with Gasteiger partial charge in [0.25, 0.3) is 5.91 Å². The Morgan fingerprint density at radius 3 is 2.36 bits per heavy atom. The lowest BCUT2D eigenvalue weighted by Gasteiger charge is -2.31. The van der Waals surface area contributed by atoms with E-state index in [0.717, 1.165) is 19.3 Å². The molecule has 1 saturated heterocycles. The van der Waals surface area contributed by atoms with E-state index in [1.54, 1.807) is 29.2 Å². The molecule has 2 heterocycles. The molecule has 28 heavy (non-hydrogen) atoms. The topological polar surface area (TPSA) is 65.1 Å². The molecule has 6 heteroatoms. The highest BCUT2D eigenvalue weighted by molar-refractivity contribution is 5.86. The monoisotopic (exact) mass is 381 g/mol. The number of piperidine rings is 1. The van der Waals surface area contributed by atoms with Crippen LogP contribution in [-0.4, -0.2) is 42.6 Å². The zero-order chi connectivity index (χ0) is 19.3. The third-order valence-corrected chi connectivity index (χ3v) is 5.00. The Bertz CT molecular complexity index is 832. The molecular formula is C22H23NO5. The minimum atomic E-state index is -0.979. The molecule has 0 spiro atoms. The maximum atomic E-state index is 13.1. The highest BCUT2D eigenvalue weighted by Gasteiger charge is 2.35. The summed E-state index contributed by atoms with van der Waals surface area (Å²) in [6.07, 6.45) is 1.17. The Balaban J connectivity index is 1.51. The van der Waals surface area contributed by atoms with Crippen LogP contribution in [0.3, 0.4) is 0 Å². The SMILES string of the molecule is O=C(O[C@H](C(=O)N1CCCCC1)c1ccccc1)[C@H]1COc2ccccc2O1. The molecule has 0 unspecified atom stereocenters. The molecule has 2 atom stereocenters. The molecule has 2 aromatic rings. The summed E-state index contributed by atoms with van der Waals surface area (Å²) in [6.45, 7) is 1.43. The average molecular weight is 381 g/mol. The number of hydrogen-bond donors (Lipinski definition) is 0. The number of fused-ring (bicyclic) bond motifs is 1. The van der Waals surface area contributed by atoms with E-state index in [1.165, 1.54) is 0 Å². The summed E-state index contributed by atoms with van der Waals surface area (Å²) in [5, 5.41) is 0. The number of carbonyl (C=O) groups is 2. The largest absolute Gasteiger partial charge is 0.485 e. The summed E-state index contributed by atoms with van der Waals surface area (Å²) in [5.41, 5.74) is 0.656. The molecule has 1 fully saturated rings. The third kappa shape index (κ3) is 3.96. The molecule has 0 bridgehead atoms. The summed E-state index contributed by atoms with van der Waals surface area (Å²) < 4.78 is 17.0. The maximum absolute atomic E-state index is 13.1. The second-order valence-corrected chi connectivity index (χ2v) is 6.98. The average Bonchev–Trinajstić information content (AvgIpc) is 2.77. The lowest BCUT2D eigenvalue weighted by atomic mass is 10.1. The number of nitrogens with zero attached hydrogens (tertiary/aromatic N) is 1. The zero-order valence-corrected chi connectivity index (χ0v) is 15.6. The summed E-state index contributed by atoms with van der Waals surface area (Å²) in [6, 6.07) is 16.3. The maximum Gasteiger partial charge on any atom is 0.352 e. The van der Waals surface area contributed by atoms with Gasteiger partial charge in [-0.05, 0) is 31.4 Å². The predicted octanol–water partition coefficient (Wildman–Crippen LogP) is 3.12. The van der Waals surface area contributed by atoms with Gasteiger partial charge >= 0.3 is 5.97 Å². The second-order valence-electron chi connectivity index (χ2n) is 6.98. The highest BCUT2D eigenvalue weighted by Crippen LogP contribution is 2.32. The molecular weight excluding hydrogens is 358 g/mol. The first-order valence-corrected chi connectivity index (χ1v) is 9.65. The number of hydrogen-bond acceptors (Lipinski definition) is 5. The number of para-hydroxylation sites is 2. The van der Waals surface area contributed by atoms with E-state index in [9.17, 15) is 9.59 Å². The Morgan fingerprint density at radius 2 is 1.61 bits per heavy atom. The van der Waals surface area contributed by atoms with Crippen LogP contribution in [0, 0.1) is 0 Å². The highest BCUT2D eigenvalue weighted by atomic mass is 16.6. The first-order valence-electron chi connectivity index (χ1n) is 9.65. The molecule has 2 aliphatic heterocycles. The fourth-order valence-corrected chi connectivity index (χ4v) is 3.50. The van der Waals surface area contributed by atoms with Crippen LogP contribution in [0.15, 0.2) is 54.6 Å². The van der Waals surface area contributed by atoms with Gasteiger partial charge in [-0.2, -0.15) is 0 Å². The van der Waals surface area contributed by atoms with Crippen LogP contribution in [0.25, 0.3) is 0 Å². The smallest absolute Gasteiger partial charge is 0.352 e. The predicted molar refractivity (Wildman–Crippen MR) is 102 cm³/mol. The van der Waals surface area contributed by atoms with Crippen LogP contribution in [0.1, 0.15) is 30.9 Å². The molecule has 146 valence electrons. The molecule has 6 nitrogen and oxygen atoms in total. The van der Waals surface area contributed by atoms with Gasteiger partial charge in [0.2, 0.25) is 12.2 Å². The van der Waals surface area contributed by atoms with Crippen LogP contribution in [0.4, 0.5) is 0 Å². The lowest BCUT2D eigenvalue weighted by Crippen LogP contribution is -2.43. The fraction of sp³-hybridized carbons (Fsp3) is 0.364. The Kier molecular flexibility index (Phi) is 5.46. The van der Waals surface area contributed by atoms with Crippen molar-refractivity contribution in [3.8, 4) is 11.5 Å². The number of rotatable bonds is 4. The molecule has 1 amide bonds. The van der Waals surface area contributed by atoms with E-state index in [0.29, 0.717) is 30.2 Å². The lowest BCUT2D eigenvalue weighted by molar-refractivity contribution is -0.169. The molecule has 0 aromatic heterocycles. The molecule has 2 aromatic carbocycles. The van der Waals surface area contributed by atoms with Crippen molar-refractivity contribution in [2.24, 2.45) is 0 Å². The summed E-state index contributed by atoms with van der Waals surface area (Å²) >= 11 is 0. The third-order valence-electron chi connectivity index (χ3n) is 5.00. The van der Waals surface area contributed by atoms with Crippen molar-refractivity contribution in [2.75, 3.05) is 19.7 Å². The number of carbonyl (C=O) groups excluding carboxylic acids is 2. The van der Waals surface area contributed by atoms with Crippen molar-refractivity contribution in [1.29, 1.82) is 0 Å². The Hall–Kier alpha value is -3.02. The van der Waals surface area contributed by atoms with E-state index >= 15 is 0 Å². The number of esters is 1. The van der Waals surface area contributed by atoms with Gasteiger partial charge in [0.1, 0.15) is 6.61 Å². The van der Waals surface area contributed by atoms with Gasteiger partial charge in [-0.15, -0.1) is 0 Å². The minimum Gasteiger partial charge on any atom is -0.485 e. The number of likely N-dealkylation sites (tertiary alicyclic amines) is 1. The molecule has 4 rings (SSSR count). The van der Waals surface area contributed by atoms with E-state index in [4.69, 9.17) is 14.2 Å². The molecule has 0 N–H and O–H groups in total. The quantitative estimate of drug-likeness (QED) is 0.762. The first kappa shape index (κ1) is 18.3. The zero-order valence-electron chi connectivity index (χ0n) is 15.6. The van der Waals surface area contributed by atoms with E-state index in [-0.39, 0.29) is 12.5 Å². The summed E-state index contributed by atoms with van der Waals surface area (Å²) in [5.74, 6) is 0.301. The van der Waals surface area contributed by atoms with Crippen molar-refractivity contribution in [1.82, 2.24) is 4.90 Å². The normalized spacial score (nSPS) is 19.6. The molecule has 0 radical (unpaired) electrons.